The molecule has 0 aromatic heterocycles. The van der Waals surface area contributed by atoms with Crippen molar-refractivity contribution in [2.45, 2.75) is 65.0 Å². The maximum absolute atomic E-state index is 11.7. The Morgan fingerprint density at radius 3 is 2.68 bits per heavy atom. The van der Waals surface area contributed by atoms with Crippen molar-refractivity contribution in [2.75, 3.05) is 19.6 Å². The Balaban J connectivity index is 1.78. The third-order valence-corrected chi connectivity index (χ3v) is 3.93. The van der Waals surface area contributed by atoms with E-state index >= 15 is 0 Å². The maximum Gasteiger partial charge on any atom is 0.407 e. The number of hydrogen-bond acceptors (Lipinski definition) is 3. The molecule has 1 atom stereocenters. The molecule has 2 fully saturated rings. The minimum Gasteiger partial charge on any atom is -0.444 e. The molecule has 19 heavy (non-hydrogen) atoms. The number of nitrogens with one attached hydrogen (secondary N) is 1. The van der Waals surface area contributed by atoms with Gasteiger partial charge < -0.3 is 10.1 Å². The van der Waals surface area contributed by atoms with E-state index in [1.54, 1.807) is 0 Å². The Labute approximate surface area is 116 Å². The lowest BCUT2D eigenvalue weighted by Crippen LogP contribution is -2.49. The first-order valence-corrected chi connectivity index (χ1v) is 7.48. The summed E-state index contributed by atoms with van der Waals surface area (Å²) in [6, 6.07) is 0.821. The van der Waals surface area contributed by atoms with Gasteiger partial charge in [0.2, 0.25) is 0 Å². The summed E-state index contributed by atoms with van der Waals surface area (Å²) in [5.74, 6) is 0. The van der Waals surface area contributed by atoms with Crippen molar-refractivity contribution in [3.63, 3.8) is 0 Å². The molecule has 4 nitrogen and oxygen atoms in total. The van der Waals surface area contributed by atoms with Crippen molar-refractivity contribution in [3.8, 4) is 0 Å². The number of alkyl carbamates (subject to hydrolysis) is 1. The molecule has 2 rings (SSSR count). The number of ether oxygens (including phenoxy) is 1. The molecule has 0 aromatic carbocycles. The third kappa shape index (κ3) is 4.68. The summed E-state index contributed by atoms with van der Waals surface area (Å²) in [6.07, 6.45) is 4.84. The average Bonchev–Trinajstić information content (AvgIpc) is 3.08. The molecular formula is C15H28N2O2. The molecule has 0 aromatic rings. The number of piperidine rings is 1. The van der Waals surface area contributed by atoms with Crippen molar-refractivity contribution in [1.82, 2.24) is 10.2 Å². The van der Waals surface area contributed by atoms with Crippen LogP contribution < -0.4 is 5.32 Å². The molecule has 1 heterocycles. The predicted octanol–water partition coefficient (Wildman–Crippen LogP) is 2.78. The molecule has 0 bridgehead atoms. The first-order chi connectivity index (χ1) is 8.77. The number of amides is 1. The highest BCUT2D eigenvalue weighted by molar-refractivity contribution is 5.67. The summed E-state index contributed by atoms with van der Waals surface area (Å²) in [4.78, 5) is 14.3. The first kappa shape index (κ1) is 14.6. The Hall–Kier alpha value is -0.770. The number of hydrogen-bond donors (Lipinski definition) is 1. The van der Waals surface area contributed by atoms with Crippen molar-refractivity contribution in [2.24, 2.45) is 5.41 Å². The Bertz CT molecular complexity index is 334. The summed E-state index contributed by atoms with van der Waals surface area (Å²) in [5, 5.41) is 2.94. The topological polar surface area (TPSA) is 41.6 Å². The highest BCUT2D eigenvalue weighted by atomic mass is 16.6. The van der Waals surface area contributed by atoms with E-state index in [1.807, 2.05) is 20.8 Å². The van der Waals surface area contributed by atoms with E-state index in [4.69, 9.17) is 4.74 Å². The van der Waals surface area contributed by atoms with E-state index in [9.17, 15) is 4.79 Å². The van der Waals surface area contributed by atoms with Gasteiger partial charge in [-0.2, -0.15) is 0 Å². The first-order valence-electron chi connectivity index (χ1n) is 7.48. The molecule has 1 unspecified atom stereocenters. The third-order valence-electron chi connectivity index (χ3n) is 3.93. The second-order valence-electron chi connectivity index (χ2n) is 7.47. The molecule has 1 aliphatic carbocycles. The van der Waals surface area contributed by atoms with Gasteiger partial charge in [-0.15, -0.1) is 0 Å². The predicted molar refractivity (Wildman–Crippen MR) is 76.2 cm³/mol. The summed E-state index contributed by atoms with van der Waals surface area (Å²) in [7, 11) is 0. The normalized spacial score (nSPS) is 29.1. The fraction of sp³-hybridized carbons (Fsp3) is 0.933. The van der Waals surface area contributed by atoms with Crippen LogP contribution in [0.4, 0.5) is 4.79 Å². The zero-order chi connectivity index (χ0) is 14.1. The van der Waals surface area contributed by atoms with Crippen LogP contribution in [0.25, 0.3) is 0 Å². The molecule has 4 heteroatoms. The van der Waals surface area contributed by atoms with Gasteiger partial charge in [-0.25, -0.2) is 4.79 Å². The molecule has 1 saturated carbocycles. The lowest BCUT2D eigenvalue weighted by molar-refractivity contribution is 0.0448. The van der Waals surface area contributed by atoms with Crippen molar-refractivity contribution >= 4 is 6.09 Å². The summed E-state index contributed by atoms with van der Waals surface area (Å²) < 4.78 is 5.30. The Morgan fingerprint density at radius 1 is 1.42 bits per heavy atom. The molecule has 1 saturated heterocycles. The van der Waals surface area contributed by atoms with E-state index in [2.05, 4.69) is 17.1 Å². The van der Waals surface area contributed by atoms with E-state index < -0.39 is 5.60 Å². The fourth-order valence-corrected chi connectivity index (χ4v) is 2.85. The van der Waals surface area contributed by atoms with Crippen molar-refractivity contribution in [3.05, 3.63) is 0 Å². The summed E-state index contributed by atoms with van der Waals surface area (Å²) >= 11 is 0. The SMILES string of the molecule is CC1(CNC(=O)OC(C)(C)C)CCCN(C2CC2)C1. The van der Waals surface area contributed by atoms with Crippen LogP contribution in [-0.4, -0.2) is 42.3 Å². The van der Waals surface area contributed by atoms with E-state index in [-0.39, 0.29) is 11.5 Å². The average molecular weight is 268 g/mol. The summed E-state index contributed by atoms with van der Waals surface area (Å²) in [6.45, 7) is 11.0. The zero-order valence-corrected chi connectivity index (χ0v) is 12.8. The summed E-state index contributed by atoms with van der Waals surface area (Å²) in [5.41, 5.74) is -0.227. The largest absolute Gasteiger partial charge is 0.444 e. The van der Waals surface area contributed by atoms with E-state index in [0.717, 1.165) is 12.6 Å². The van der Waals surface area contributed by atoms with Crippen molar-refractivity contribution < 1.29 is 9.53 Å². The van der Waals surface area contributed by atoms with Gasteiger partial charge in [0.1, 0.15) is 5.60 Å². The van der Waals surface area contributed by atoms with E-state index in [1.165, 1.54) is 32.2 Å². The van der Waals surface area contributed by atoms with Gasteiger partial charge in [0, 0.05) is 19.1 Å². The second kappa shape index (κ2) is 5.31. The van der Waals surface area contributed by atoms with Crippen LogP contribution >= 0.6 is 0 Å². The molecule has 0 spiro atoms. The molecule has 0 radical (unpaired) electrons. The Morgan fingerprint density at radius 2 is 2.11 bits per heavy atom. The van der Waals surface area contributed by atoms with Crippen LogP contribution in [0.15, 0.2) is 0 Å². The quantitative estimate of drug-likeness (QED) is 0.855. The number of likely N-dealkylation sites (tertiary alicyclic amines) is 1. The van der Waals surface area contributed by atoms with Gasteiger partial charge >= 0.3 is 6.09 Å². The van der Waals surface area contributed by atoms with E-state index in [0.29, 0.717) is 6.54 Å². The van der Waals surface area contributed by atoms with Gasteiger partial charge in [0.15, 0.2) is 0 Å². The van der Waals surface area contributed by atoms with Crippen molar-refractivity contribution in [1.29, 1.82) is 0 Å². The van der Waals surface area contributed by atoms with Gasteiger partial charge in [0.25, 0.3) is 0 Å². The molecular weight excluding hydrogens is 240 g/mol. The van der Waals surface area contributed by atoms with Crippen LogP contribution in [-0.2, 0) is 4.74 Å². The highest BCUT2D eigenvalue weighted by Crippen LogP contribution is 2.35. The number of rotatable bonds is 3. The lowest BCUT2D eigenvalue weighted by atomic mass is 9.81. The van der Waals surface area contributed by atoms with Gasteiger partial charge in [-0.1, -0.05) is 6.92 Å². The van der Waals surface area contributed by atoms with Gasteiger partial charge in [-0.05, 0) is 58.4 Å². The van der Waals surface area contributed by atoms with Gasteiger partial charge in [-0.3, -0.25) is 4.90 Å². The van der Waals surface area contributed by atoms with Crippen LogP contribution in [0.2, 0.25) is 0 Å². The van der Waals surface area contributed by atoms with Crippen LogP contribution in [0.3, 0.4) is 0 Å². The highest BCUT2D eigenvalue weighted by Gasteiger charge is 2.38. The monoisotopic (exact) mass is 268 g/mol. The smallest absolute Gasteiger partial charge is 0.407 e. The van der Waals surface area contributed by atoms with Crippen LogP contribution in [0.5, 0.6) is 0 Å². The minimum absolute atomic E-state index is 0.192. The molecule has 1 aliphatic heterocycles. The fourth-order valence-electron chi connectivity index (χ4n) is 2.85. The number of nitrogens with zero attached hydrogens (tertiary/aromatic N) is 1. The second-order valence-corrected chi connectivity index (χ2v) is 7.47. The van der Waals surface area contributed by atoms with Gasteiger partial charge in [0.05, 0.1) is 0 Å². The number of carbonyl (C=O) groups excluding carboxylic acids is 1. The van der Waals surface area contributed by atoms with Crippen LogP contribution in [0, 0.1) is 5.41 Å². The Kier molecular flexibility index (Phi) is 4.09. The minimum atomic E-state index is -0.419. The standard InChI is InChI=1S/C15H28N2O2/c1-14(2,3)19-13(18)16-10-15(4)8-5-9-17(11-15)12-6-7-12/h12H,5-11H2,1-4H3,(H,16,18). The molecule has 2 aliphatic rings. The lowest BCUT2D eigenvalue weighted by Gasteiger charge is -2.40. The maximum atomic E-state index is 11.7. The molecule has 1 N–H and O–H groups in total. The zero-order valence-electron chi connectivity index (χ0n) is 12.8. The van der Waals surface area contributed by atoms with Crippen LogP contribution in [0.1, 0.15) is 53.4 Å². The molecule has 110 valence electrons. The number of carbonyl (C=O) groups is 1. The molecule has 1 amide bonds.